The number of para-hydroxylation sites is 1. The summed E-state index contributed by atoms with van der Waals surface area (Å²) in [5, 5.41) is 0. The maximum atomic E-state index is 13.6. The number of halogens is 1. The lowest BCUT2D eigenvalue weighted by molar-refractivity contribution is 0.254. The van der Waals surface area contributed by atoms with E-state index in [9.17, 15) is 4.39 Å². The molecule has 2 N–H and O–H groups in total. The Morgan fingerprint density at radius 1 is 1.50 bits per heavy atom. The highest BCUT2D eigenvalue weighted by Crippen LogP contribution is 2.25. The van der Waals surface area contributed by atoms with Gasteiger partial charge in [-0.05, 0) is 31.9 Å². The molecule has 2 atom stereocenters. The van der Waals surface area contributed by atoms with Crippen LogP contribution in [0.2, 0.25) is 0 Å². The Hall–Kier alpha value is -1.35. The number of rotatable bonds is 5. The van der Waals surface area contributed by atoms with Crippen LogP contribution in [-0.4, -0.2) is 12.1 Å². The maximum Gasteiger partial charge on any atom is 0.165 e. The molecule has 0 fully saturated rings. The van der Waals surface area contributed by atoms with Gasteiger partial charge >= 0.3 is 0 Å². The largest absolute Gasteiger partial charge is 0.483 e. The van der Waals surface area contributed by atoms with Gasteiger partial charge in [0.05, 0.1) is 0 Å². The van der Waals surface area contributed by atoms with Gasteiger partial charge in [-0.15, -0.1) is 0 Å². The summed E-state index contributed by atoms with van der Waals surface area (Å²) in [6.45, 7) is 7.30. The fourth-order valence-corrected chi connectivity index (χ4v) is 1.43. The van der Waals surface area contributed by atoms with Crippen LogP contribution in [0.1, 0.15) is 19.4 Å². The Bertz CT molecular complexity index is 363. The van der Waals surface area contributed by atoms with Crippen LogP contribution < -0.4 is 10.5 Å². The lowest BCUT2D eigenvalue weighted by Crippen LogP contribution is -2.19. The summed E-state index contributed by atoms with van der Waals surface area (Å²) in [6, 6.07) is 4.86. The van der Waals surface area contributed by atoms with E-state index >= 15 is 0 Å². The van der Waals surface area contributed by atoms with E-state index in [0.29, 0.717) is 6.42 Å². The molecule has 0 bridgehead atoms. The van der Waals surface area contributed by atoms with Crippen molar-refractivity contribution in [3.8, 4) is 5.75 Å². The summed E-state index contributed by atoms with van der Waals surface area (Å²) in [5.74, 6) is -0.0703. The lowest BCUT2D eigenvalue weighted by atomic mass is 10.1. The molecule has 0 spiro atoms. The molecule has 0 saturated heterocycles. The van der Waals surface area contributed by atoms with Crippen LogP contribution in [0.3, 0.4) is 0 Å². The number of benzene rings is 1. The molecule has 1 aromatic rings. The predicted molar refractivity (Wildman–Crippen MR) is 64.0 cm³/mol. The van der Waals surface area contributed by atoms with Gasteiger partial charge in [0.1, 0.15) is 6.10 Å². The standard InChI is InChI=1S/C13H18FNO/c1-4-10(3)16-13-11(8-9(2)15)6-5-7-12(13)14/h4-7,9-10H,1,8,15H2,2-3H3. The molecule has 0 aliphatic rings. The molecule has 0 radical (unpaired) electrons. The normalized spacial score (nSPS) is 14.2. The van der Waals surface area contributed by atoms with E-state index < -0.39 is 0 Å². The van der Waals surface area contributed by atoms with Crippen molar-refractivity contribution in [2.24, 2.45) is 5.73 Å². The highest BCUT2D eigenvalue weighted by Gasteiger charge is 2.12. The summed E-state index contributed by atoms with van der Waals surface area (Å²) in [4.78, 5) is 0. The second-order valence-corrected chi connectivity index (χ2v) is 3.97. The molecule has 16 heavy (non-hydrogen) atoms. The van der Waals surface area contributed by atoms with Gasteiger partial charge in [0.2, 0.25) is 0 Å². The second-order valence-electron chi connectivity index (χ2n) is 3.97. The van der Waals surface area contributed by atoms with Crippen molar-refractivity contribution in [1.29, 1.82) is 0 Å². The number of nitrogens with two attached hydrogens (primary N) is 1. The molecular weight excluding hydrogens is 205 g/mol. The number of hydrogen-bond donors (Lipinski definition) is 1. The van der Waals surface area contributed by atoms with Crippen molar-refractivity contribution in [3.05, 3.63) is 42.2 Å². The Kier molecular flexibility index (Phi) is 4.50. The first kappa shape index (κ1) is 12.7. The maximum absolute atomic E-state index is 13.6. The zero-order chi connectivity index (χ0) is 12.1. The van der Waals surface area contributed by atoms with E-state index in [0.717, 1.165) is 5.56 Å². The molecule has 0 saturated carbocycles. The SMILES string of the molecule is C=CC(C)Oc1c(F)cccc1CC(C)N. The average molecular weight is 223 g/mol. The smallest absolute Gasteiger partial charge is 0.165 e. The van der Waals surface area contributed by atoms with E-state index in [1.165, 1.54) is 6.07 Å². The summed E-state index contributed by atoms with van der Waals surface area (Å²) >= 11 is 0. The minimum absolute atomic E-state index is 0.0248. The molecule has 2 nitrogen and oxygen atoms in total. The highest BCUT2D eigenvalue weighted by atomic mass is 19.1. The van der Waals surface area contributed by atoms with Crippen LogP contribution in [0.5, 0.6) is 5.75 Å². The molecule has 0 aliphatic carbocycles. The molecule has 0 amide bonds. The Labute approximate surface area is 95.9 Å². The first-order valence-electron chi connectivity index (χ1n) is 5.36. The third-order valence-corrected chi connectivity index (χ3v) is 2.23. The van der Waals surface area contributed by atoms with Crippen LogP contribution in [0.15, 0.2) is 30.9 Å². The average Bonchev–Trinajstić information content (AvgIpc) is 2.22. The van der Waals surface area contributed by atoms with Crippen molar-refractivity contribution >= 4 is 0 Å². The van der Waals surface area contributed by atoms with Gasteiger partial charge in [-0.2, -0.15) is 0 Å². The van der Waals surface area contributed by atoms with Crippen LogP contribution in [0.4, 0.5) is 4.39 Å². The first-order chi connectivity index (χ1) is 7.54. The van der Waals surface area contributed by atoms with Crippen LogP contribution in [-0.2, 0) is 6.42 Å². The molecule has 88 valence electrons. The minimum Gasteiger partial charge on any atom is -0.483 e. The molecule has 3 heteroatoms. The van der Waals surface area contributed by atoms with Crippen molar-refractivity contribution in [1.82, 2.24) is 0 Å². The Morgan fingerprint density at radius 2 is 2.19 bits per heavy atom. The van der Waals surface area contributed by atoms with E-state index in [4.69, 9.17) is 10.5 Å². The molecule has 2 unspecified atom stereocenters. The third kappa shape index (κ3) is 3.35. The van der Waals surface area contributed by atoms with Crippen molar-refractivity contribution in [2.75, 3.05) is 0 Å². The quantitative estimate of drug-likeness (QED) is 0.779. The Morgan fingerprint density at radius 3 is 2.75 bits per heavy atom. The first-order valence-corrected chi connectivity index (χ1v) is 5.36. The van der Waals surface area contributed by atoms with Gasteiger partial charge in [-0.3, -0.25) is 0 Å². The van der Waals surface area contributed by atoms with E-state index in [2.05, 4.69) is 6.58 Å². The topological polar surface area (TPSA) is 35.2 Å². The fraction of sp³-hybridized carbons (Fsp3) is 0.385. The van der Waals surface area contributed by atoms with Gasteiger partial charge in [0.25, 0.3) is 0 Å². The molecule has 1 rings (SSSR count). The van der Waals surface area contributed by atoms with Crippen molar-refractivity contribution < 1.29 is 9.13 Å². The summed E-state index contributed by atoms with van der Waals surface area (Å²) < 4.78 is 19.1. The molecule has 0 heterocycles. The van der Waals surface area contributed by atoms with E-state index in [1.807, 2.05) is 19.9 Å². The van der Waals surface area contributed by atoms with Crippen LogP contribution in [0.25, 0.3) is 0 Å². The number of hydrogen-bond acceptors (Lipinski definition) is 2. The highest BCUT2D eigenvalue weighted by molar-refractivity contribution is 5.36. The zero-order valence-electron chi connectivity index (χ0n) is 9.74. The Balaban J connectivity index is 2.98. The van der Waals surface area contributed by atoms with E-state index in [1.54, 1.807) is 12.1 Å². The fourth-order valence-electron chi connectivity index (χ4n) is 1.43. The summed E-state index contributed by atoms with van der Waals surface area (Å²) in [7, 11) is 0. The zero-order valence-corrected chi connectivity index (χ0v) is 9.74. The van der Waals surface area contributed by atoms with Crippen molar-refractivity contribution in [3.63, 3.8) is 0 Å². The second kappa shape index (κ2) is 5.66. The summed E-state index contributed by atoms with van der Waals surface area (Å²) in [5.41, 5.74) is 6.50. The number of ether oxygens (including phenoxy) is 1. The van der Waals surface area contributed by atoms with Crippen LogP contribution in [0, 0.1) is 5.82 Å². The summed E-state index contributed by atoms with van der Waals surface area (Å²) in [6.07, 6.45) is 2.00. The van der Waals surface area contributed by atoms with Gasteiger partial charge in [0.15, 0.2) is 11.6 Å². The molecule has 0 aromatic heterocycles. The van der Waals surface area contributed by atoms with Crippen LogP contribution >= 0.6 is 0 Å². The monoisotopic (exact) mass is 223 g/mol. The van der Waals surface area contributed by atoms with Gasteiger partial charge in [-0.25, -0.2) is 4.39 Å². The van der Waals surface area contributed by atoms with Gasteiger partial charge in [-0.1, -0.05) is 24.8 Å². The molecule has 0 aliphatic heterocycles. The van der Waals surface area contributed by atoms with Gasteiger partial charge < -0.3 is 10.5 Å². The minimum atomic E-state index is -0.355. The van der Waals surface area contributed by atoms with E-state index in [-0.39, 0.29) is 23.7 Å². The van der Waals surface area contributed by atoms with Gasteiger partial charge in [0, 0.05) is 6.04 Å². The predicted octanol–water partition coefficient (Wildman–Crippen LogP) is 2.67. The van der Waals surface area contributed by atoms with Crippen molar-refractivity contribution in [2.45, 2.75) is 32.4 Å². The third-order valence-electron chi connectivity index (χ3n) is 2.23. The molecule has 1 aromatic carbocycles. The lowest BCUT2D eigenvalue weighted by Gasteiger charge is -2.16. The molecular formula is C13H18FNO.